The molecule has 0 aliphatic carbocycles. The normalized spacial score (nSPS) is 16.7. The highest BCUT2D eigenvalue weighted by atomic mass is 32.2. The second-order valence-corrected chi connectivity index (χ2v) is 7.88. The molecule has 134 valence electrons. The van der Waals surface area contributed by atoms with E-state index < -0.39 is 10.0 Å². The van der Waals surface area contributed by atoms with Crippen molar-refractivity contribution >= 4 is 10.0 Å². The molecule has 0 spiro atoms. The van der Waals surface area contributed by atoms with Crippen molar-refractivity contribution < 1.29 is 18.3 Å². The Bertz CT molecular complexity index is 799. The van der Waals surface area contributed by atoms with E-state index >= 15 is 0 Å². The molecule has 2 heterocycles. The van der Waals surface area contributed by atoms with Crippen molar-refractivity contribution in [2.75, 3.05) is 33.2 Å². The highest BCUT2D eigenvalue weighted by Gasteiger charge is 2.27. The van der Waals surface area contributed by atoms with Crippen molar-refractivity contribution in [3.8, 4) is 11.6 Å². The second-order valence-electron chi connectivity index (χ2n) is 5.94. The number of ether oxygens (including phenoxy) is 1. The number of piperazine rings is 1. The molecule has 0 bridgehead atoms. The zero-order chi connectivity index (χ0) is 17.9. The zero-order valence-corrected chi connectivity index (χ0v) is 14.8. The molecule has 0 saturated carbocycles. The third kappa shape index (κ3) is 4.16. The molecule has 3 rings (SSSR count). The molecule has 7 nitrogen and oxygen atoms in total. The first-order valence-corrected chi connectivity index (χ1v) is 9.45. The number of nitrogens with zero attached hydrogens (tertiary/aromatic N) is 3. The lowest BCUT2D eigenvalue weighted by Gasteiger charge is -2.31. The van der Waals surface area contributed by atoms with E-state index in [1.54, 1.807) is 36.4 Å². The molecule has 1 aliphatic heterocycles. The number of likely N-dealkylation sites (N-methyl/N-ethyl adjacent to an activating group) is 1. The quantitative estimate of drug-likeness (QED) is 0.862. The van der Waals surface area contributed by atoms with Gasteiger partial charge in [-0.05, 0) is 42.9 Å². The fourth-order valence-corrected chi connectivity index (χ4v) is 3.96. The predicted octanol–water partition coefficient (Wildman–Crippen LogP) is 1.30. The fourth-order valence-electron chi connectivity index (χ4n) is 2.54. The third-order valence-electron chi connectivity index (χ3n) is 4.13. The molecule has 1 aromatic heterocycles. The first kappa shape index (κ1) is 17.8. The standard InChI is InChI=1S/C17H21N3O4S/c1-19-8-10-20(11-9-19)25(22,23)16-5-3-15(4-6-16)24-17-7-2-14(13-21)12-18-17/h2-7,12,21H,8-11,13H2,1H3. The van der Waals surface area contributed by atoms with E-state index in [0.717, 1.165) is 13.1 Å². The molecule has 0 atom stereocenters. The summed E-state index contributed by atoms with van der Waals surface area (Å²) in [5.41, 5.74) is 0.695. The maximum atomic E-state index is 12.7. The van der Waals surface area contributed by atoms with Crippen molar-refractivity contribution in [1.29, 1.82) is 0 Å². The highest BCUT2D eigenvalue weighted by Crippen LogP contribution is 2.23. The predicted molar refractivity (Wildman–Crippen MR) is 92.9 cm³/mol. The summed E-state index contributed by atoms with van der Waals surface area (Å²) < 4.78 is 32.4. The van der Waals surface area contributed by atoms with Crippen LogP contribution in [0.4, 0.5) is 0 Å². The van der Waals surface area contributed by atoms with Crippen LogP contribution in [0.5, 0.6) is 11.6 Å². The maximum Gasteiger partial charge on any atom is 0.243 e. The van der Waals surface area contributed by atoms with Crippen LogP contribution in [0.25, 0.3) is 0 Å². The fraction of sp³-hybridized carbons (Fsp3) is 0.353. The summed E-state index contributed by atoms with van der Waals surface area (Å²) in [6.45, 7) is 2.38. The number of benzene rings is 1. The van der Waals surface area contributed by atoms with E-state index in [-0.39, 0.29) is 11.5 Å². The minimum absolute atomic E-state index is 0.0773. The molecular formula is C17H21N3O4S. The lowest BCUT2D eigenvalue weighted by molar-refractivity contribution is 0.222. The van der Waals surface area contributed by atoms with Crippen LogP contribution in [0.2, 0.25) is 0 Å². The molecule has 1 saturated heterocycles. The highest BCUT2D eigenvalue weighted by molar-refractivity contribution is 7.89. The smallest absolute Gasteiger partial charge is 0.243 e. The molecule has 2 aromatic rings. The van der Waals surface area contributed by atoms with E-state index in [1.807, 2.05) is 7.05 Å². The summed E-state index contributed by atoms with van der Waals surface area (Å²) in [4.78, 5) is 6.45. The molecule has 1 fully saturated rings. The lowest BCUT2D eigenvalue weighted by atomic mass is 10.3. The van der Waals surface area contributed by atoms with Gasteiger partial charge >= 0.3 is 0 Å². The number of rotatable bonds is 5. The number of hydrogen-bond donors (Lipinski definition) is 1. The number of aliphatic hydroxyl groups is 1. The van der Waals surface area contributed by atoms with Gasteiger partial charge < -0.3 is 14.7 Å². The second kappa shape index (κ2) is 7.49. The monoisotopic (exact) mass is 363 g/mol. The first-order chi connectivity index (χ1) is 12.0. The summed E-state index contributed by atoms with van der Waals surface area (Å²) in [7, 11) is -1.49. The number of aromatic nitrogens is 1. The molecule has 1 N–H and O–H groups in total. The van der Waals surface area contributed by atoms with Crippen molar-refractivity contribution in [3.05, 3.63) is 48.2 Å². The molecule has 0 amide bonds. The SMILES string of the molecule is CN1CCN(S(=O)(=O)c2ccc(Oc3ccc(CO)cn3)cc2)CC1. The largest absolute Gasteiger partial charge is 0.439 e. The average molecular weight is 363 g/mol. The van der Waals surface area contributed by atoms with Crippen molar-refractivity contribution in [3.63, 3.8) is 0 Å². The van der Waals surface area contributed by atoms with Gasteiger partial charge in [-0.2, -0.15) is 4.31 Å². The first-order valence-electron chi connectivity index (χ1n) is 8.01. The van der Waals surface area contributed by atoms with Gasteiger partial charge in [0.25, 0.3) is 0 Å². The maximum absolute atomic E-state index is 12.7. The Morgan fingerprint density at radius 1 is 1.08 bits per heavy atom. The van der Waals surface area contributed by atoms with E-state index in [1.165, 1.54) is 10.5 Å². The Morgan fingerprint density at radius 2 is 1.76 bits per heavy atom. The summed E-state index contributed by atoms with van der Waals surface area (Å²) in [6.07, 6.45) is 1.53. The van der Waals surface area contributed by atoms with E-state index in [9.17, 15) is 8.42 Å². The van der Waals surface area contributed by atoms with Gasteiger partial charge in [-0.1, -0.05) is 0 Å². The van der Waals surface area contributed by atoms with Crippen LogP contribution in [0.1, 0.15) is 5.56 Å². The zero-order valence-electron chi connectivity index (χ0n) is 14.0. The average Bonchev–Trinajstić information content (AvgIpc) is 2.63. The van der Waals surface area contributed by atoms with Crippen LogP contribution in [0, 0.1) is 0 Å². The molecule has 8 heteroatoms. The summed E-state index contributed by atoms with van der Waals surface area (Å²) in [6, 6.07) is 9.69. The molecule has 1 aliphatic rings. The Hall–Kier alpha value is -2.00. The molecule has 1 aromatic carbocycles. The minimum atomic E-state index is -3.48. The van der Waals surface area contributed by atoms with E-state index in [0.29, 0.717) is 30.3 Å². The number of aliphatic hydroxyl groups excluding tert-OH is 1. The molecule has 0 radical (unpaired) electrons. The van der Waals surface area contributed by atoms with Crippen LogP contribution in [0.3, 0.4) is 0 Å². The van der Waals surface area contributed by atoms with Crippen molar-refractivity contribution in [2.45, 2.75) is 11.5 Å². The molecule has 0 unspecified atom stereocenters. The van der Waals surface area contributed by atoms with Crippen LogP contribution < -0.4 is 4.74 Å². The van der Waals surface area contributed by atoms with Gasteiger partial charge in [0.05, 0.1) is 11.5 Å². The molecular weight excluding hydrogens is 342 g/mol. The summed E-state index contributed by atoms with van der Waals surface area (Å²) >= 11 is 0. The van der Waals surface area contributed by atoms with Gasteiger partial charge in [-0.3, -0.25) is 0 Å². The van der Waals surface area contributed by atoms with Crippen LogP contribution in [-0.4, -0.2) is 60.9 Å². The Labute approximate surface area is 147 Å². The molecule has 25 heavy (non-hydrogen) atoms. The Morgan fingerprint density at radius 3 is 2.32 bits per heavy atom. The van der Waals surface area contributed by atoms with Crippen LogP contribution >= 0.6 is 0 Å². The number of pyridine rings is 1. The lowest BCUT2D eigenvalue weighted by Crippen LogP contribution is -2.46. The summed E-state index contributed by atoms with van der Waals surface area (Å²) in [5.74, 6) is 0.883. The van der Waals surface area contributed by atoms with Gasteiger partial charge in [-0.25, -0.2) is 13.4 Å². The van der Waals surface area contributed by atoms with Crippen molar-refractivity contribution in [1.82, 2.24) is 14.2 Å². The number of hydrogen-bond acceptors (Lipinski definition) is 6. The van der Waals surface area contributed by atoms with Crippen LogP contribution in [-0.2, 0) is 16.6 Å². The Kier molecular flexibility index (Phi) is 5.33. The topological polar surface area (TPSA) is 83.0 Å². The Balaban J connectivity index is 1.70. The number of sulfonamides is 1. The summed E-state index contributed by atoms with van der Waals surface area (Å²) in [5, 5.41) is 9.00. The van der Waals surface area contributed by atoms with Crippen molar-refractivity contribution in [2.24, 2.45) is 0 Å². The van der Waals surface area contributed by atoms with E-state index in [4.69, 9.17) is 9.84 Å². The van der Waals surface area contributed by atoms with E-state index in [2.05, 4.69) is 9.88 Å². The van der Waals surface area contributed by atoms with Gasteiger partial charge in [0, 0.05) is 38.4 Å². The van der Waals surface area contributed by atoms with Gasteiger partial charge in [0.15, 0.2) is 0 Å². The minimum Gasteiger partial charge on any atom is -0.439 e. The third-order valence-corrected chi connectivity index (χ3v) is 6.04. The van der Waals surface area contributed by atoms with Gasteiger partial charge in [0.1, 0.15) is 5.75 Å². The van der Waals surface area contributed by atoms with Gasteiger partial charge in [0.2, 0.25) is 15.9 Å². The van der Waals surface area contributed by atoms with Gasteiger partial charge in [-0.15, -0.1) is 0 Å². The van der Waals surface area contributed by atoms with Crippen LogP contribution in [0.15, 0.2) is 47.5 Å².